The molecule has 3 unspecified atom stereocenters. The van der Waals surface area contributed by atoms with Crippen LogP contribution in [0.2, 0.25) is 0 Å². The minimum atomic E-state index is -0.188. The predicted molar refractivity (Wildman–Crippen MR) is 77.4 cm³/mol. The van der Waals surface area contributed by atoms with Gasteiger partial charge in [0.25, 0.3) is 0 Å². The SMILES string of the molecule is COc1cccc(C(C2CCCCC2O)N(C)C)c1. The third kappa shape index (κ3) is 3.28. The highest BCUT2D eigenvalue weighted by atomic mass is 16.5. The lowest BCUT2D eigenvalue weighted by molar-refractivity contribution is 0.0220. The van der Waals surface area contributed by atoms with Crippen LogP contribution in [0.3, 0.4) is 0 Å². The standard InChI is InChI=1S/C16H25NO2/c1-17(2)16(14-9-4-5-10-15(14)18)12-7-6-8-13(11-12)19-3/h6-8,11,14-16,18H,4-5,9-10H2,1-3H3. The number of ether oxygens (including phenoxy) is 1. The van der Waals surface area contributed by atoms with Gasteiger partial charge in [-0.25, -0.2) is 0 Å². The lowest BCUT2D eigenvalue weighted by Crippen LogP contribution is -2.36. The van der Waals surface area contributed by atoms with Crippen LogP contribution in [0.4, 0.5) is 0 Å². The van der Waals surface area contributed by atoms with Gasteiger partial charge < -0.3 is 14.7 Å². The number of aliphatic hydroxyl groups excluding tert-OH is 1. The number of methoxy groups -OCH3 is 1. The third-order valence-electron chi connectivity index (χ3n) is 4.18. The molecule has 19 heavy (non-hydrogen) atoms. The molecule has 1 fully saturated rings. The quantitative estimate of drug-likeness (QED) is 0.906. The van der Waals surface area contributed by atoms with Gasteiger partial charge in [0, 0.05) is 12.0 Å². The van der Waals surface area contributed by atoms with E-state index in [1.807, 2.05) is 12.1 Å². The van der Waals surface area contributed by atoms with Gasteiger partial charge in [0.2, 0.25) is 0 Å². The average molecular weight is 263 g/mol. The Morgan fingerprint density at radius 1 is 1.26 bits per heavy atom. The third-order valence-corrected chi connectivity index (χ3v) is 4.18. The van der Waals surface area contributed by atoms with Crippen molar-refractivity contribution >= 4 is 0 Å². The molecule has 1 N–H and O–H groups in total. The summed E-state index contributed by atoms with van der Waals surface area (Å²) in [5.74, 6) is 1.20. The fraction of sp³-hybridized carbons (Fsp3) is 0.625. The van der Waals surface area contributed by atoms with Gasteiger partial charge in [-0.3, -0.25) is 0 Å². The van der Waals surface area contributed by atoms with Crippen molar-refractivity contribution in [2.24, 2.45) is 5.92 Å². The summed E-state index contributed by atoms with van der Waals surface area (Å²) in [5.41, 5.74) is 1.23. The summed E-state index contributed by atoms with van der Waals surface area (Å²) < 4.78 is 5.32. The zero-order valence-corrected chi connectivity index (χ0v) is 12.2. The summed E-state index contributed by atoms with van der Waals surface area (Å²) in [6.45, 7) is 0. The second-order valence-corrected chi connectivity index (χ2v) is 5.70. The second kappa shape index (κ2) is 6.40. The molecule has 0 aromatic heterocycles. The van der Waals surface area contributed by atoms with Crippen molar-refractivity contribution < 1.29 is 9.84 Å². The van der Waals surface area contributed by atoms with E-state index in [1.165, 1.54) is 12.0 Å². The van der Waals surface area contributed by atoms with E-state index >= 15 is 0 Å². The van der Waals surface area contributed by atoms with Gasteiger partial charge >= 0.3 is 0 Å². The minimum Gasteiger partial charge on any atom is -0.497 e. The first-order valence-electron chi connectivity index (χ1n) is 7.12. The Kier molecular flexibility index (Phi) is 4.83. The maximum atomic E-state index is 10.3. The predicted octanol–water partition coefficient (Wildman–Crippen LogP) is 2.85. The topological polar surface area (TPSA) is 32.7 Å². The highest BCUT2D eigenvalue weighted by Crippen LogP contribution is 2.38. The van der Waals surface area contributed by atoms with E-state index in [0.717, 1.165) is 25.0 Å². The van der Waals surface area contributed by atoms with Crippen molar-refractivity contribution in [3.63, 3.8) is 0 Å². The van der Waals surface area contributed by atoms with Crippen LogP contribution in [0.5, 0.6) is 5.75 Å². The Hall–Kier alpha value is -1.06. The molecular weight excluding hydrogens is 238 g/mol. The molecule has 0 aliphatic heterocycles. The minimum absolute atomic E-state index is 0.188. The van der Waals surface area contributed by atoms with Crippen LogP contribution in [-0.2, 0) is 0 Å². The number of aliphatic hydroxyl groups is 1. The first kappa shape index (κ1) is 14.4. The van der Waals surface area contributed by atoms with E-state index < -0.39 is 0 Å². The van der Waals surface area contributed by atoms with Crippen molar-refractivity contribution in [2.75, 3.05) is 21.2 Å². The molecule has 1 aromatic rings. The summed E-state index contributed by atoms with van der Waals surface area (Å²) in [6, 6.07) is 8.47. The molecule has 0 bridgehead atoms. The van der Waals surface area contributed by atoms with E-state index in [2.05, 4.69) is 31.1 Å². The summed E-state index contributed by atoms with van der Waals surface area (Å²) in [5, 5.41) is 10.3. The summed E-state index contributed by atoms with van der Waals surface area (Å²) >= 11 is 0. The summed E-state index contributed by atoms with van der Waals surface area (Å²) in [4.78, 5) is 2.22. The molecule has 0 saturated heterocycles. The van der Waals surface area contributed by atoms with Crippen molar-refractivity contribution in [2.45, 2.75) is 37.8 Å². The maximum absolute atomic E-state index is 10.3. The second-order valence-electron chi connectivity index (χ2n) is 5.70. The number of hydrogen-bond donors (Lipinski definition) is 1. The Morgan fingerprint density at radius 3 is 2.63 bits per heavy atom. The first-order valence-corrected chi connectivity index (χ1v) is 7.12. The van der Waals surface area contributed by atoms with Gasteiger partial charge in [0.05, 0.1) is 13.2 Å². The molecular formula is C16H25NO2. The van der Waals surface area contributed by atoms with Crippen molar-refractivity contribution in [3.05, 3.63) is 29.8 Å². The fourth-order valence-electron chi connectivity index (χ4n) is 3.26. The molecule has 106 valence electrons. The van der Waals surface area contributed by atoms with Crippen LogP contribution in [0.1, 0.15) is 37.3 Å². The Balaban J connectivity index is 2.28. The molecule has 1 aliphatic carbocycles. The van der Waals surface area contributed by atoms with Crippen molar-refractivity contribution in [3.8, 4) is 5.75 Å². The Labute approximate surface area is 116 Å². The smallest absolute Gasteiger partial charge is 0.119 e. The van der Waals surface area contributed by atoms with E-state index in [0.29, 0.717) is 5.92 Å². The molecule has 3 atom stereocenters. The van der Waals surface area contributed by atoms with E-state index in [1.54, 1.807) is 7.11 Å². The molecule has 0 spiro atoms. The first-order chi connectivity index (χ1) is 9.13. The normalized spacial score (nSPS) is 25.3. The largest absolute Gasteiger partial charge is 0.497 e. The molecule has 0 amide bonds. The Morgan fingerprint density at radius 2 is 2.00 bits per heavy atom. The fourth-order valence-corrected chi connectivity index (χ4v) is 3.26. The van der Waals surface area contributed by atoms with Crippen LogP contribution in [0.15, 0.2) is 24.3 Å². The van der Waals surface area contributed by atoms with Gasteiger partial charge in [-0.15, -0.1) is 0 Å². The number of benzene rings is 1. The molecule has 1 aromatic carbocycles. The van der Waals surface area contributed by atoms with Gasteiger partial charge in [-0.2, -0.15) is 0 Å². The molecule has 1 saturated carbocycles. The van der Waals surface area contributed by atoms with Gasteiger partial charge in [-0.1, -0.05) is 25.0 Å². The van der Waals surface area contributed by atoms with Crippen molar-refractivity contribution in [1.82, 2.24) is 4.90 Å². The van der Waals surface area contributed by atoms with Gasteiger partial charge in [-0.05, 0) is 44.6 Å². The van der Waals surface area contributed by atoms with Crippen LogP contribution in [0, 0.1) is 5.92 Å². The summed E-state index contributed by atoms with van der Waals surface area (Å²) in [7, 11) is 5.87. The number of hydrogen-bond acceptors (Lipinski definition) is 3. The van der Waals surface area contributed by atoms with E-state index in [9.17, 15) is 5.11 Å². The molecule has 2 rings (SSSR count). The lowest BCUT2D eigenvalue weighted by atomic mass is 9.78. The van der Waals surface area contributed by atoms with Gasteiger partial charge in [0.1, 0.15) is 5.75 Å². The number of nitrogens with zero attached hydrogens (tertiary/aromatic N) is 1. The van der Waals surface area contributed by atoms with Gasteiger partial charge in [0.15, 0.2) is 0 Å². The van der Waals surface area contributed by atoms with E-state index in [4.69, 9.17) is 4.74 Å². The van der Waals surface area contributed by atoms with Crippen molar-refractivity contribution in [1.29, 1.82) is 0 Å². The van der Waals surface area contributed by atoms with Crippen LogP contribution in [0.25, 0.3) is 0 Å². The summed E-state index contributed by atoms with van der Waals surface area (Å²) in [6.07, 6.45) is 4.21. The average Bonchev–Trinajstić information content (AvgIpc) is 2.41. The van der Waals surface area contributed by atoms with E-state index in [-0.39, 0.29) is 12.1 Å². The molecule has 3 nitrogen and oxygen atoms in total. The lowest BCUT2D eigenvalue weighted by Gasteiger charge is -2.38. The number of rotatable bonds is 4. The maximum Gasteiger partial charge on any atom is 0.119 e. The highest BCUT2D eigenvalue weighted by molar-refractivity contribution is 5.31. The zero-order chi connectivity index (χ0) is 13.8. The molecule has 1 aliphatic rings. The Bertz CT molecular complexity index is 405. The zero-order valence-electron chi connectivity index (χ0n) is 12.2. The molecule has 3 heteroatoms. The molecule has 0 radical (unpaired) electrons. The van der Waals surface area contributed by atoms with Crippen LogP contribution < -0.4 is 4.74 Å². The van der Waals surface area contributed by atoms with Crippen LogP contribution >= 0.6 is 0 Å². The monoisotopic (exact) mass is 263 g/mol. The molecule has 0 heterocycles. The highest BCUT2D eigenvalue weighted by Gasteiger charge is 2.33. The van der Waals surface area contributed by atoms with Crippen LogP contribution in [-0.4, -0.2) is 37.3 Å².